The van der Waals surface area contributed by atoms with E-state index in [9.17, 15) is 0 Å². The quantitative estimate of drug-likeness (QED) is 0.660. The third kappa shape index (κ3) is 1.03. The third-order valence-corrected chi connectivity index (χ3v) is 3.12. The molecule has 2 aromatic rings. The Labute approximate surface area is 83.1 Å². The molecule has 72 valence electrons. The largest absolute Gasteiger partial charge is 0.398 e. The van der Waals surface area contributed by atoms with E-state index >= 15 is 0 Å². The van der Waals surface area contributed by atoms with Crippen LogP contribution in [0.2, 0.25) is 0 Å². The van der Waals surface area contributed by atoms with Gasteiger partial charge in [-0.25, -0.2) is 0 Å². The van der Waals surface area contributed by atoms with Crippen molar-refractivity contribution in [2.24, 2.45) is 0 Å². The Morgan fingerprint density at radius 2 is 2.14 bits per heavy atom. The van der Waals surface area contributed by atoms with Crippen LogP contribution in [0.25, 0.3) is 10.9 Å². The highest BCUT2D eigenvalue weighted by Gasteiger charge is 2.26. The zero-order valence-electron chi connectivity index (χ0n) is 8.30. The standard InChI is InChI=1S/C12H14N2/c1-7-4-9-10(8-2-3-8)6-14-12(9)5-11(7)13/h4-6,8,14H,2-3,13H2,1H3. The van der Waals surface area contributed by atoms with Gasteiger partial charge in [0.25, 0.3) is 0 Å². The van der Waals surface area contributed by atoms with Crippen LogP contribution in [0.15, 0.2) is 18.3 Å². The maximum Gasteiger partial charge on any atom is 0.0477 e. The van der Waals surface area contributed by atoms with Crippen molar-refractivity contribution in [2.75, 3.05) is 5.73 Å². The van der Waals surface area contributed by atoms with E-state index in [0.717, 1.165) is 11.6 Å². The molecule has 0 atom stereocenters. The molecule has 3 N–H and O–H groups in total. The summed E-state index contributed by atoms with van der Waals surface area (Å²) in [6.07, 6.45) is 4.83. The Morgan fingerprint density at radius 3 is 2.86 bits per heavy atom. The number of hydrogen-bond acceptors (Lipinski definition) is 1. The van der Waals surface area contributed by atoms with Gasteiger partial charge in [0.1, 0.15) is 0 Å². The summed E-state index contributed by atoms with van der Waals surface area (Å²) < 4.78 is 0. The van der Waals surface area contributed by atoms with Crippen LogP contribution in [0.1, 0.15) is 29.9 Å². The minimum atomic E-state index is 0.798. The van der Waals surface area contributed by atoms with Gasteiger partial charge >= 0.3 is 0 Å². The number of fused-ring (bicyclic) bond motifs is 1. The molecule has 1 aliphatic carbocycles. The monoisotopic (exact) mass is 186 g/mol. The molecule has 0 amide bonds. The number of aromatic amines is 1. The fourth-order valence-corrected chi connectivity index (χ4v) is 2.05. The second-order valence-electron chi connectivity index (χ2n) is 4.27. The van der Waals surface area contributed by atoms with Gasteiger partial charge in [0.2, 0.25) is 0 Å². The summed E-state index contributed by atoms with van der Waals surface area (Å²) in [5.74, 6) is 0.798. The molecule has 1 aliphatic rings. The molecule has 14 heavy (non-hydrogen) atoms. The average molecular weight is 186 g/mol. The molecule has 2 nitrogen and oxygen atoms in total. The Bertz CT molecular complexity index is 492. The molecule has 0 spiro atoms. The fourth-order valence-electron chi connectivity index (χ4n) is 2.05. The first kappa shape index (κ1) is 7.92. The normalized spacial score (nSPS) is 16.4. The zero-order chi connectivity index (χ0) is 9.71. The lowest BCUT2D eigenvalue weighted by Crippen LogP contribution is -1.88. The summed E-state index contributed by atoms with van der Waals surface area (Å²) in [7, 11) is 0. The minimum absolute atomic E-state index is 0.798. The number of benzene rings is 1. The van der Waals surface area contributed by atoms with E-state index in [4.69, 9.17) is 5.73 Å². The van der Waals surface area contributed by atoms with Crippen LogP contribution in [0.3, 0.4) is 0 Å². The molecule has 2 heteroatoms. The lowest BCUT2D eigenvalue weighted by Gasteiger charge is -2.01. The van der Waals surface area contributed by atoms with Crippen LogP contribution >= 0.6 is 0 Å². The first-order chi connectivity index (χ1) is 6.75. The highest BCUT2D eigenvalue weighted by Crippen LogP contribution is 2.43. The van der Waals surface area contributed by atoms with Crippen molar-refractivity contribution < 1.29 is 0 Å². The Morgan fingerprint density at radius 1 is 1.36 bits per heavy atom. The summed E-state index contributed by atoms with van der Waals surface area (Å²) in [4.78, 5) is 3.30. The van der Waals surface area contributed by atoms with Crippen LogP contribution < -0.4 is 5.73 Å². The van der Waals surface area contributed by atoms with Gasteiger partial charge in [-0.3, -0.25) is 0 Å². The van der Waals surface area contributed by atoms with Crippen molar-refractivity contribution in [3.05, 3.63) is 29.5 Å². The van der Waals surface area contributed by atoms with E-state index in [2.05, 4.69) is 24.2 Å². The lowest BCUT2D eigenvalue weighted by molar-refractivity contribution is 1.15. The third-order valence-electron chi connectivity index (χ3n) is 3.12. The van der Waals surface area contributed by atoms with Crippen LogP contribution in [0.4, 0.5) is 5.69 Å². The van der Waals surface area contributed by atoms with Crippen molar-refractivity contribution in [3.63, 3.8) is 0 Å². The van der Waals surface area contributed by atoms with E-state index in [1.807, 2.05) is 6.07 Å². The van der Waals surface area contributed by atoms with Crippen molar-refractivity contribution in [2.45, 2.75) is 25.7 Å². The number of nitrogens with two attached hydrogens (primary N) is 1. The van der Waals surface area contributed by atoms with Crippen molar-refractivity contribution >= 4 is 16.6 Å². The van der Waals surface area contributed by atoms with Gasteiger partial charge in [-0.2, -0.15) is 0 Å². The predicted molar refractivity (Wildman–Crippen MR) is 59.4 cm³/mol. The molecule has 0 bridgehead atoms. The number of nitrogens with one attached hydrogen (secondary N) is 1. The Kier molecular flexibility index (Phi) is 1.43. The molecule has 3 rings (SSSR count). The first-order valence-electron chi connectivity index (χ1n) is 5.13. The number of nitrogen functional groups attached to an aromatic ring is 1. The molecular weight excluding hydrogens is 172 g/mol. The zero-order valence-corrected chi connectivity index (χ0v) is 8.30. The molecule has 0 unspecified atom stereocenters. The number of H-pyrrole nitrogens is 1. The van der Waals surface area contributed by atoms with E-state index in [0.29, 0.717) is 0 Å². The smallest absolute Gasteiger partial charge is 0.0477 e. The minimum Gasteiger partial charge on any atom is -0.398 e. The van der Waals surface area contributed by atoms with Crippen LogP contribution in [0, 0.1) is 6.92 Å². The van der Waals surface area contributed by atoms with E-state index in [1.165, 1.54) is 34.9 Å². The Hall–Kier alpha value is -1.44. The SMILES string of the molecule is Cc1cc2c(C3CC3)c[nH]c2cc1N. The van der Waals surface area contributed by atoms with Gasteiger partial charge < -0.3 is 10.7 Å². The molecule has 0 saturated heterocycles. The van der Waals surface area contributed by atoms with Crippen molar-refractivity contribution in [1.29, 1.82) is 0 Å². The summed E-state index contributed by atoms with van der Waals surface area (Å²) in [5, 5.41) is 1.36. The van der Waals surface area contributed by atoms with E-state index in [1.54, 1.807) is 0 Å². The molecule has 1 fully saturated rings. The predicted octanol–water partition coefficient (Wildman–Crippen LogP) is 2.94. The van der Waals surface area contributed by atoms with Gasteiger partial charge in [0.05, 0.1) is 0 Å². The van der Waals surface area contributed by atoms with Crippen LogP contribution in [-0.4, -0.2) is 4.98 Å². The molecule has 0 aliphatic heterocycles. The van der Waals surface area contributed by atoms with Gasteiger partial charge in [0, 0.05) is 22.8 Å². The Balaban J connectivity index is 2.29. The summed E-state index contributed by atoms with van der Waals surface area (Å²) in [5.41, 5.74) is 10.6. The van der Waals surface area contributed by atoms with Gasteiger partial charge in [0.15, 0.2) is 0 Å². The summed E-state index contributed by atoms with van der Waals surface area (Å²) in [6, 6.07) is 4.24. The summed E-state index contributed by atoms with van der Waals surface area (Å²) >= 11 is 0. The second kappa shape index (κ2) is 2.53. The van der Waals surface area contributed by atoms with E-state index in [-0.39, 0.29) is 0 Å². The topological polar surface area (TPSA) is 41.8 Å². The van der Waals surface area contributed by atoms with E-state index < -0.39 is 0 Å². The number of anilines is 1. The molecule has 1 heterocycles. The number of aromatic nitrogens is 1. The van der Waals surface area contributed by atoms with Crippen LogP contribution in [-0.2, 0) is 0 Å². The highest BCUT2D eigenvalue weighted by molar-refractivity contribution is 5.88. The molecule has 0 radical (unpaired) electrons. The van der Waals surface area contributed by atoms with Crippen LogP contribution in [0.5, 0.6) is 0 Å². The number of aryl methyl sites for hydroxylation is 1. The lowest BCUT2D eigenvalue weighted by atomic mass is 10.1. The number of hydrogen-bond donors (Lipinski definition) is 2. The van der Waals surface area contributed by atoms with Gasteiger partial charge in [-0.1, -0.05) is 0 Å². The molecule has 1 aromatic carbocycles. The fraction of sp³-hybridized carbons (Fsp3) is 0.333. The van der Waals surface area contributed by atoms with Gasteiger partial charge in [-0.15, -0.1) is 0 Å². The maximum absolute atomic E-state index is 5.87. The van der Waals surface area contributed by atoms with Gasteiger partial charge in [-0.05, 0) is 48.9 Å². The van der Waals surface area contributed by atoms with Crippen molar-refractivity contribution in [1.82, 2.24) is 4.98 Å². The number of rotatable bonds is 1. The van der Waals surface area contributed by atoms with Crippen molar-refractivity contribution in [3.8, 4) is 0 Å². The first-order valence-corrected chi connectivity index (χ1v) is 5.13. The highest BCUT2D eigenvalue weighted by atomic mass is 14.7. The molecule has 1 saturated carbocycles. The molecular formula is C12H14N2. The summed E-state index contributed by atoms with van der Waals surface area (Å²) in [6.45, 7) is 2.07. The average Bonchev–Trinajstić information content (AvgIpc) is 2.91. The second-order valence-corrected chi connectivity index (χ2v) is 4.27. The maximum atomic E-state index is 5.87. The molecule has 1 aromatic heterocycles.